The molecule has 2 atom stereocenters. The monoisotopic (exact) mass is 336 g/mol. The molecule has 0 radical (unpaired) electrons. The van der Waals surface area contributed by atoms with E-state index >= 15 is 0 Å². The number of benzene rings is 1. The lowest BCUT2D eigenvalue weighted by atomic mass is 9.91. The predicted octanol–water partition coefficient (Wildman–Crippen LogP) is 2.40. The zero-order chi connectivity index (χ0) is 15.0. The fraction of sp³-hybridized carbons (Fsp3) is 0.611. The fourth-order valence-corrected chi connectivity index (χ4v) is 4.11. The van der Waals surface area contributed by atoms with Gasteiger partial charge < -0.3 is 15.0 Å². The van der Waals surface area contributed by atoms with Crippen molar-refractivity contribution in [3.05, 3.63) is 35.9 Å². The Bertz CT molecular complexity index is 545. The first-order valence-corrected chi connectivity index (χ1v) is 8.45. The van der Waals surface area contributed by atoms with Crippen LogP contribution in [0.1, 0.15) is 30.9 Å². The van der Waals surface area contributed by atoms with E-state index in [1.54, 1.807) is 0 Å². The molecular formula is C18H25ClN2O2. The molecule has 2 saturated heterocycles. The molecule has 1 aromatic rings. The van der Waals surface area contributed by atoms with E-state index in [1.807, 2.05) is 23.1 Å². The number of morpholine rings is 1. The Morgan fingerprint density at radius 1 is 1.22 bits per heavy atom. The van der Waals surface area contributed by atoms with Crippen molar-refractivity contribution < 1.29 is 9.53 Å². The summed E-state index contributed by atoms with van der Waals surface area (Å²) >= 11 is 0. The first-order chi connectivity index (χ1) is 10.8. The maximum Gasteiger partial charge on any atom is 0.226 e. The van der Waals surface area contributed by atoms with Crippen molar-refractivity contribution in [3.8, 4) is 0 Å². The van der Waals surface area contributed by atoms with Crippen LogP contribution in [0.5, 0.6) is 0 Å². The topological polar surface area (TPSA) is 41.6 Å². The van der Waals surface area contributed by atoms with Crippen LogP contribution < -0.4 is 5.32 Å². The molecule has 1 aliphatic carbocycles. The first kappa shape index (κ1) is 16.7. The number of nitrogens with zero attached hydrogens (tertiary/aromatic N) is 1. The minimum Gasteiger partial charge on any atom is -0.370 e. The highest BCUT2D eigenvalue weighted by molar-refractivity contribution is 5.85. The van der Waals surface area contributed by atoms with Crippen LogP contribution in [-0.2, 0) is 9.53 Å². The second-order valence-corrected chi connectivity index (χ2v) is 6.92. The molecule has 23 heavy (non-hydrogen) atoms. The molecule has 1 N–H and O–H groups in total. The van der Waals surface area contributed by atoms with Gasteiger partial charge in [-0.1, -0.05) is 30.3 Å². The fourth-order valence-electron chi connectivity index (χ4n) is 4.11. The smallest absolute Gasteiger partial charge is 0.226 e. The molecule has 0 aromatic heterocycles. The number of nitrogens with one attached hydrogen (secondary N) is 1. The second kappa shape index (κ2) is 6.80. The van der Waals surface area contributed by atoms with Gasteiger partial charge in [-0.25, -0.2) is 0 Å². The number of rotatable bonds is 2. The molecule has 126 valence electrons. The van der Waals surface area contributed by atoms with Gasteiger partial charge in [0, 0.05) is 12.5 Å². The molecule has 0 bridgehead atoms. The number of ether oxygens (including phenoxy) is 1. The van der Waals surface area contributed by atoms with Crippen molar-refractivity contribution in [2.75, 3.05) is 32.8 Å². The summed E-state index contributed by atoms with van der Waals surface area (Å²) in [6.07, 6.45) is 3.45. The standard InChI is InChI=1S/C18H24N2O2.ClH/c21-17(15-12-18(15)6-8-19-9-7-18)20-10-11-22-16(13-20)14-4-2-1-3-5-14;/h1-5,15-16,19H,6-13H2;1H. The third-order valence-electron chi connectivity index (χ3n) is 5.64. The molecule has 5 heteroatoms. The summed E-state index contributed by atoms with van der Waals surface area (Å²) in [5.74, 6) is 0.634. The second-order valence-electron chi connectivity index (χ2n) is 6.92. The van der Waals surface area contributed by atoms with E-state index in [2.05, 4.69) is 17.4 Å². The van der Waals surface area contributed by atoms with Gasteiger partial charge in [0.2, 0.25) is 5.91 Å². The summed E-state index contributed by atoms with van der Waals surface area (Å²) in [7, 11) is 0. The maximum atomic E-state index is 12.9. The summed E-state index contributed by atoms with van der Waals surface area (Å²) in [6.45, 7) is 4.23. The number of carbonyl (C=O) groups excluding carboxylic acids is 1. The lowest BCUT2D eigenvalue weighted by molar-refractivity contribution is -0.141. The quantitative estimate of drug-likeness (QED) is 0.901. The lowest BCUT2D eigenvalue weighted by Gasteiger charge is -2.34. The van der Waals surface area contributed by atoms with Crippen LogP contribution in [0.25, 0.3) is 0 Å². The summed E-state index contributed by atoms with van der Waals surface area (Å²) in [5.41, 5.74) is 1.50. The van der Waals surface area contributed by atoms with E-state index in [0.29, 0.717) is 24.5 Å². The number of amides is 1. The average molecular weight is 337 g/mol. The average Bonchev–Trinajstić information content (AvgIpc) is 3.28. The number of carbonyl (C=O) groups is 1. The molecule has 3 fully saturated rings. The highest BCUT2D eigenvalue weighted by Crippen LogP contribution is 2.59. The van der Waals surface area contributed by atoms with E-state index in [-0.39, 0.29) is 24.4 Å². The molecule has 1 saturated carbocycles. The first-order valence-electron chi connectivity index (χ1n) is 8.45. The van der Waals surface area contributed by atoms with E-state index in [0.717, 1.165) is 38.9 Å². The van der Waals surface area contributed by atoms with Crippen molar-refractivity contribution in [2.45, 2.75) is 25.4 Å². The summed E-state index contributed by atoms with van der Waals surface area (Å²) in [4.78, 5) is 14.9. The molecule has 2 aliphatic heterocycles. The van der Waals surface area contributed by atoms with Crippen LogP contribution in [0.4, 0.5) is 0 Å². The predicted molar refractivity (Wildman–Crippen MR) is 91.6 cm³/mol. The zero-order valence-electron chi connectivity index (χ0n) is 13.4. The van der Waals surface area contributed by atoms with Crippen molar-refractivity contribution >= 4 is 18.3 Å². The molecule has 2 unspecified atom stereocenters. The summed E-state index contributed by atoms with van der Waals surface area (Å²) in [5, 5.41) is 3.40. The van der Waals surface area contributed by atoms with Gasteiger partial charge in [-0.3, -0.25) is 4.79 Å². The van der Waals surface area contributed by atoms with Gasteiger partial charge in [0.15, 0.2) is 0 Å². The Labute approximate surface area is 144 Å². The van der Waals surface area contributed by atoms with E-state index < -0.39 is 0 Å². The van der Waals surface area contributed by atoms with Crippen LogP contribution in [0.3, 0.4) is 0 Å². The minimum atomic E-state index is 0. The Hall–Kier alpha value is -1.10. The van der Waals surface area contributed by atoms with Crippen LogP contribution in [-0.4, -0.2) is 43.6 Å². The number of piperidine rings is 1. The van der Waals surface area contributed by atoms with Crippen molar-refractivity contribution in [1.82, 2.24) is 10.2 Å². The lowest BCUT2D eigenvalue weighted by Crippen LogP contribution is -2.44. The van der Waals surface area contributed by atoms with E-state index in [9.17, 15) is 4.79 Å². The largest absolute Gasteiger partial charge is 0.370 e. The van der Waals surface area contributed by atoms with Gasteiger partial charge >= 0.3 is 0 Å². The number of hydrogen-bond donors (Lipinski definition) is 1. The molecule has 2 heterocycles. The van der Waals surface area contributed by atoms with Crippen LogP contribution in [0, 0.1) is 11.3 Å². The van der Waals surface area contributed by atoms with Gasteiger partial charge in [0.25, 0.3) is 0 Å². The third kappa shape index (κ3) is 3.25. The summed E-state index contributed by atoms with van der Waals surface area (Å²) in [6, 6.07) is 10.3. The number of hydrogen-bond acceptors (Lipinski definition) is 3. The van der Waals surface area contributed by atoms with Gasteiger partial charge in [-0.05, 0) is 43.3 Å². The third-order valence-corrected chi connectivity index (χ3v) is 5.64. The normalized spacial score (nSPS) is 29.0. The van der Waals surface area contributed by atoms with Crippen LogP contribution >= 0.6 is 12.4 Å². The van der Waals surface area contributed by atoms with E-state index in [4.69, 9.17) is 4.74 Å². The molecule has 4 rings (SSSR count). The zero-order valence-corrected chi connectivity index (χ0v) is 14.2. The SMILES string of the molecule is Cl.O=C(C1CC12CCNCC2)N1CCOC(c2ccccc2)C1. The van der Waals surface area contributed by atoms with Gasteiger partial charge in [0.1, 0.15) is 6.10 Å². The Morgan fingerprint density at radius 3 is 2.70 bits per heavy atom. The maximum absolute atomic E-state index is 12.9. The van der Waals surface area contributed by atoms with Crippen molar-refractivity contribution in [2.24, 2.45) is 11.3 Å². The highest BCUT2D eigenvalue weighted by atomic mass is 35.5. The van der Waals surface area contributed by atoms with Crippen molar-refractivity contribution in [1.29, 1.82) is 0 Å². The van der Waals surface area contributed by atoms with Crippen molar-refractivity contribution in [3.63, 3.8) is 0 Å². The number of halogens is 1. The van der Waals surface area contributed by atoms with E-state index in [1.165, 1.54) is 5.56 Å². The Kier molecular flexibility index (Phi) is 4.95. The Morgan fingerprint density at radius 2 is 1.96 bits per heavy atom. The molecule has 3 aliphatic rings. The molecular weight excluding hydrogens is 312 g/mol. The van der Waals surface area contributed by atoms with Gasteiger partial charge in [0.05, 0.1) is 13.2 Å². The molecule has 4 nitrogen and oxygen atoms in total. The molecule has 1 aromatic carbocycles. The summed E-state index contributed by atoms with van der Waals surface area (Å²) < 4.78 is 5.88. The van der Waals surface area contributed by atoms with Gasteiger partial charge in [-0.15, -0.1) is 12.4 Å². The highest BCUT2D eigenvalue weighted by Gasteiger charge is 2.58. The molecule has 1 spiro atoms. The molecule has 1 amide bonds. The van der Waals surface area contributed by atoms with Gasteiger partial charge in [-0.2, -0.15) is 0 Å². The van der Waals surface area contributed by atoms with Crippen LogP contribution in [0.2, 0.25) is 0 Å². The van der Waals surface area contributed by atoms with Crippen LogP contribution in [0.15, 0.2) is 30.3 Å². The minimum absolute atomic E-state index is 0. The Balaban J connectivity index is 0.00000156.